The van der Waals surface area contributed by atoms with Crippen molar-refractivity contribution in [2.45, 2.75) is 20.8 Å². The fourth-order valence-corrected chi connectivity index (χ4v) is 3.65. The van der Waals surface area contributed by atoms with E-state index in [1.54, 1.807) is 6.21 Å². The minimum Gasteiger partial charge on any atom is -0.378 e. The molecule has 1 fully saturated rings. The van der Waals surface area contributed by atoms with E-state index in [1.807, 2.05) is 4.90 Å². The molecule has 156 valence electrons. The number of halogens is 1. The normalized spacial score (nSPS) is 14.5. The van der Waals surface area contributed by atoms with E-state index < -0.39 is 5.82 Å². The van der Waals surface area contributed by atoms with Crippen molar-refractivity contribution in [3.05, 3.63) is 64.9 Å². The molecule has 0 aliphatic carbocycles. The van der Waals surface area contributed by atoms with Crippen LogP contribution in [0.5, 0.6) is 0 Å². The molecular formula is C22H25FN6O. The Morgan fingerprint density at radius 2 is 1.97 bits per heavy atom. The monoisotopic (exact) mass is 408 g/mol. The van der Waals surface area contributed by atoms with Crippen LogP contribution in [0.4, 0.5) is 16.2 Å². The number of hydrazone groups is 1. The number of anilines is 2. The Morgan fingerprint density at radius 3 is 2.73 bits per heavy atom. The highest BCUT2D eigenvalue weighted by Gasteiger charge is 2.17. The predicted molar refractivity (Wildman–Crippen MR) is 116 cm³/mol. The summed E-state index contributed by atoms with van der Waals surface area (Å²) in [5, 5.41) is 4.28. The van der Waals surface area contributed by atoms with Crippen LogP contribution in [0.25, 0.3) is 5.69 Å². The average molecular weight is 408 g/mol. The Hall–Kier alpha value is -3.26. The summed E-state index contributed by atoms with van der Waals surface area (Å²) in [5.41, 5.74) is 8.33. The number of nitrogens with one attached hydrogen (secondary N) is 1. The minimum atomic E-state index is -0.451. The summed E-state index contributed by atoms with van der Waals surface area (Å²) in [6, 6.07) is 10.5. The number of hydrogen-bond acceptors (Lipinski definition) is 6. The van der Waals surface area contributed by atoms with Gasteiger partial charge in [0.15, 0.2) is 11.6 Å². The lowest BCUT2D eigenvalue weighted by molar-refractivity contribution is 0.122. The van der Waals surface area contributed by atoms with Gasteiger partial charge in [-0.3, -0.25) is 0 Å². The van der Waals surface area contributed by atoms with Crippen molar-refractivity contribution in [2.24, 2.45) is 5.10 Å². The number of aromatic nitrogens is 3. The highest BCUT2D eigenvalue weighted by molar-refractivity contribution is 5.82. The summed E-state index contributed by atoms with van der Waals surface area (Å²) in [4.78, 5) is 10.1. The first-order valence-electron chi connectivity index (χ1n) is 9.93. The molecule has 1 aromatic carbocycles. The third kappa shape index (κ3) is 4.18. The molecule has 7 nitrogen and oxygen atoms in total. The zero-order valence-electron chi connectivity index (χ0n) is 17.4. The number of benzene rings is 1. The first-order chi connectivity index (χ1) is 14.5. The molecule has 0 amide bonds. The van der Waals surface area contributed by atoms with Crippen LogP contribution in [0, 0.1) is 26.6 Å². The van der Waals surface area contributed by atoms with Crippen molar-refractivity contribution < 1.29 is 9.13 Å². The fraction of sp³-hybridized carbons (Fsp3) is 0.318. The number of hydrogen-bond donors (Lipinski definition) is 1. The zero-order chi connectivity index (χ0) is 21.1. The molecule has 3 aromatic rings. The predicted octanol–water partition coefficient (Wildman–Crippen LogP) is 3.61. The quantitative estimate of drug-likeness (QED) is 0.516. The maximum absolute atomic E-state index is 14.2. The van der Waals surface area contributed by atoms with Gasteiger partial charge >= 0.3 is 0 Å². The summed E-state index contributed by atoms with van der Waals surface area (Å²) < 4.78 is 21.7. The smallest absolute Gasteiger partial charge is 0.245 e. The van der Waals surface area contributed by atoms with E-state index in [2.05, 4.69) is 76.2 Å². The molecule has 1 saturated heterocycles. The van der Waals surface area contributed by atoms with E-state index in [1.165, 1.54) is 11.8 Å². The second-order valence-corrected chi connectivity index (χ2v) is 7.34. The molecule has 1 N–H and O–H groups in total. The molecule has 0 radical (unpaired) electrons. The van der Waals surface area contributed by atoms with Crippen LogP contribution in [0.15, 0.2) is 41.6 Å². The number of nitrogens with zero attached hydrogens (tertiary/aromatic N) is 5. The van der Waals surface area contributed by atoms with Gasteiger partial charge in [-0.2, -0.15) is 10.1 Å². The lowest BCUT2D eigenvalue weighted by atomic mass is 10.2. The van der Waals surface area contributed by atoms with E-state index in [0.717, 1.165) is 22.6 Å². The van der Waals surface area contributed by atoms with Gasteiger partial charge in [-0.1, -0.05) is 12.1 Å². The number of morpholine rings is 1. The van der Waals surface area contributed by atoms with Crippen molar-refractivity contribution in [3.8, 4) is 5.69 Å². The minimum absolute atomic E-state index is 0.252. The molecule has 30 heavy (non-hydrogen) atoms. The van der Waals surface area contributed by atoms with Crippen molar-refractivity contribution >= 4 is 18.0 Å². The third-order valence-electron chi connectivity index (χ3n) is 5.13. The van der Waals surface area contributed by atoms with E-state index >= 15 is 0 Å². The Balaban J connectivity index is 1.52. The molecule has 3 heterocycles. The Labute approximate surface area is 175 Å². The van der Waals surface area contributed by atoms with Gasteiger partial charge < -0.3 is 14.2 Å². The lowest BCUT2D eigenvalue weighted by Gasteiger charge is -2.27. The fourth-order valence-electron chi connectivity index (χ4n) is 3.65. The van der Waals surface area contributed by atoms with Crippen LogP contribution >= 0.6 is 0 Å². The second-order valence-electron chi connectivity index (χ2n) is 7.34. The molecule has 1 aliphatic rings. The standard InChI is InChI=1S/C22H25FN6O/c1-15-5-4-6-19(11-15)29-16(2)12-18(17(29)3)13-25-27-22-24-14-20(23)21(26-22)28-7-9-30-10-8-28/h4-6,11-14H,7-10H2,1-3H3,(H,24,26,27)/b25-13+. The zero-order valence-corrected chi connectivity index (χ0v) is 17.4. The molecule has 0 bridgehead atoms. The van der Waals surface area contributed by atoms with Gasteiger partial charge in [0, 0.05) is 35.7 Å². The maximum Gasteiger partial charge on any atom is 0.245 e. The Bertz CT molecular complexity index is 1070. The van der Waals surface area contributed by atoms with Crippen LogP contribution in [0.3, 0.4) is 0 Å². The van der Waals surface area contributed by atoms with Gasteiger partial charge in [-0.15, -0.1) is 0 Å². The second kappa shape index (κ2) is 8.62. The number of aryl methyl sites for hydroxylation is 2. The molecule has 0 saturated carbocycles. The van der Waals surface area contributed by atoms with E-state index in [9.17, 15) is 4.39 Å². The van der Waals surface area contributed by atoms with Crippen molar-refractivity contribution in [2.75, 3.05) is 36.6 Å². The summed E-state index contributed by atoms with van der Waals surface area (Å²) in [6.45, 7) is 8.52. The summed E-state index contributed by atoms with van der Waals surface area (Å²) in [5.74, 6) is 0.0680. The van der Waals surface area contributed by atoms with Crippen LogP contribution in [-0.2, 0) is 4.74 Å². The summed E-state index contributed by atoms with van der Waals surface area (Å²) >= 11 is 0. The molecule has 0 atom stereocenters. The molecule has 0 unspecified atom stereocenters. The number of ether oxygens (including phenoxy) is 1. The van der Waals surface area contributed by atoms with Crippen LogP contribution < -0.4 is 10.3 Å². The highest BCUT2D eigenvalue weighted by atomic mass is 19.1. The first-order valence-corrected chi connectivity index (χ1v) is 9.93. The highest BCUT2D eigenvalue weighted by Crippen LogP contribution is 2.21. The molecule has 0 spiro atoms. The van der Waals surface area contributed by atoms with E-state index in [0.29, 0.717) is 26.3 Å². The van der Waals surface area contributed by atoms with E-state index in [-0.39, 0.29) is 11.8 Å². The van der Waals surface area contributed by atoms with E-state index in [4.69, 9.17) is 4.74 Å². The topological polar surface area (TPSA) is 67.6 Å². The SMILES string of the molecule is Cc1cccc(-n2c(C)cc(/C=N/Nc3ncc(F)c(N4CCOCC4)n3)c2C)c1. The van der Waals surface area contributed by atoms with Crippen LogP contribution in [0.1, 0.15) is 22.5 Å². The van der Waals surface area contributed by atoms with Crippen molar-refractivity contribution in [3.63, 3.8) is 0 Å². The maximum atomic E-state index is 14.2. The van der Waals surface area contributed by atoms with Gasteiger partial charge in [-0.05, 0) is 44.5 Å². The lowest BCUT2D eigenvalue weighted by Crippen LogP contribution is -2.37. The van der Waals surface area contributed by atoms with Crippen LogP contribution in [0.2, 0.25) is 0 Å². The molecular weight excluding hydrogens is 383 g/mol. The van der Waals surface area contributed by atoms with Crippen molar-refractivity contribution in [1.82, 2.24) is 14.5 Å². The van der Waals surface area contributed by atoms with Gasteiger partial charge in [-0.25, -0.2) is 14.8 Å². The van der Waals surface area contributed by atoms with Gasteiger partial charge in [0.1, 0.15) is 0 Å². The molecule has 8 heteroatoms. The van der Waals surface area contributed by atoms with Crippen LogP contribution in [-0.4, -0.2) is 47.1 Å². The summed E-state index contributed by atoms with van der Waals surface area (Å²) in [6.07, 6.45) is 2.90. The largest absolute Gasteiger partial charge is 0.378 e. The van der Waals surface area contributed by atoms with Gasteiger partial charge in [0.25, 0.3) is 0 Å². The number of rotatable bonds is 5. The Morgan fingerprint density at radius 1 is 1.17 bits per heavy atom. The third-order valence-corrected chi connectivity index (χ3v) is 5.13. The Kier molecular flexibility index (Phi) is 5.76. The first kappa shape index (κ1) is 20.0. The molecule has 1 aliphatic heterocycles. The average Bonchev–Trinajstić information content (AvgIpc) is 3.03. The van der Waals surface area contributed by atoms with Crippen molar-refractivity contribution in [1.29, 1.82) is 0 Å². The molecule has 4 rings (SSSR count). The summed E-state index contributed by atoms with van der Waals surface area (Å²) in [7, 11) is 0. The van der Waals surface area contributed by atoms with Gasteiger partial charge in [0.2, 0.25) is 5.95 Å². The molecule has 2 aromatic heterocycles. The van der Waals surface area contributed by atoms with Gasteiger partial charge in [0.05, 0.1) is 25.6 Å².